The predicted octanol–water partition coefficient (Wildman–Crippen LogP) is 3.84. The van der Waals surface area contributed by atoms with E-state index < -0.39 is 5.97 Å². The number of hydrogen-bond donors (Lipinski definition) is 1. The Morgan fingerprint density at radius 2 is 1.89 bits per heavy atom. The fraction of sp³-hybridized carbons (Fsp3) is 0.786. The van der Waals surface area contributed by atoms with Crippen molar-refractivity contribution in [3.63, 3.8) is 0 Å². The number of carbonyl (C=O) groups is 1. The standard InChI is InChI=1S/C11H22O.C3H4O2.H3P/c1-2-3-7-10-12-11-8-5-4-6-9-11;1-2-3(4)5;/h11H,2-10H2,1H3;2H,1H2,(H,4,5);1H3. The Morgan fingerprint density at radius 1 is 1.33 bits per heavy atom. The maximum absolute atomic E-state index is 9.25. The SMILES string of the molecule is C=CC(=O)O.CCCCCOC1CCCCC1.P. The largest absolute Gasteiger partial charge is 0.478 e. The van der Waals surface area contributed by atoms with Gasteiger partial charge in [-0.3, -0.25) is 0 Å². The Labute approximate surface area is 115 Å². The van der Waals surface area contributed by atoms with Gasteiger partial charge in [-0.1, -0.05) is 45.6 Å². The first-order valence-corrected chi connectivity index (χ1v) is 6.67. The van der Waals surface area contributed by atoms with Crippen LogP contribution in [0.4, 0.5) is 0 Å². The summed E-state index contributed by atoms with van der Waals surface area (Å²) in [5.41, 5.74) is 0. The molecule has 0 aliphatic heterocycles. The normalized spacial score (nSPS) is 14.9. The lowest BCUT2D eigenvalue weighted by molar-refractivity contribution is -0.131. The topological polar surface area (TPSA) is 46.5 Å². The highest BCUT2D eigenvalue weighted by Gasteiger charge is 2.12. The number of carboxylic acid groups (broad SMARTS) is 1. The Balaban J connectivity index is 0. The highest BCUT2D eigenvalue weighted by atomic mass is 31.0. The molecule has 0 radical (unpaired) electrons. The van der Waals surface area contributed by atoms with Crippen LogP contribution in [-0.4, -0.2) is 23.8 Å². The van der Waals surface area contributed by atoms with Crippen LogP contribution in [0.15, 0.2) is 12.7 Å². The van der Waals surface area contributed by atoms with Crippen molar-refractivity contribution in [2.75, 3.05) is 6.61 Å². The van der Waals surface area contributed by atoms with Gasteiger partial charge in [-0.25, -0.2) is 4.79 Å². The summed E-state index contributed by atoms with van der Waals surface area (Å²) in [6.07, 6.45) is 12.1. The van der Waals surface area contributed by atoms with Crippen LogP contribution in [0.3, 0.4) is 0 Å². The molecule has 0 spiro atoms. The van der Waals surface area contributed by atoms with Gasteiger partial charge in [0.2, 0.25) is 0 Å². The number of rotatable bonds is 6. The second-order valence-corrected chi connectivity index (χ2v) is 4.38. The molecule has 1 unspecified atom stereocenters. The Bertz CT molecular complexity index is 201. The lowest BCUT2D eigenvalue weighted by Gasteiger charge is -2.21. The number of aliphatic carboxylic acids is 1. The molecule has 0 aromatic carbocycles. The average molecular weight is 276 g/mol. The van der Waals surface area contributed by atoms with E-state index in [2.05, 4.69) is 13.5 Å². The van der Waals surface area contributed by atoms with Crippen LogP contribution in [0.5, 0.6) is 0 Å². The molecule has 3 nitrogen and oxygen atoms in total. The highest BCUT2D eigenvalue weighted by Crippen LogP contribution is 2.20. The Hall–Kier alpha value is -0.400. The lowest BCUT2D eigenvalue weighted by Crippen LogP contribution is -2.17. The summed E-state index contributed by atoms with van der Waals surface area (Å²) < 4.78 is 5.78. The molecule has 0 saturated heterocycles. The molecule has 1 fully saturated rings. The van der Waals surface area contributed by atoms with Crippen molar-refractivity contribution in [1.29, 1.82) is 0 Å². The summed E-state index contributed by atoms with van der Waals surface area (Å²) >= 11 is 0. The first kappa shape index (κ1) is 19.9. The first-order chi connectivity index (χ1) is 8.20. The zero-order chi connectivity index (χ0) is 12.9. The van der Waals surface area contributed by atoms with Gasteiger partial charge in [0.1, 0.15) is 0 Å². The van der Waals surface area contributed by atoms with Crippen molar-refractivity contribution in [3.8, 4) is 0 Å². The van der Waals surface area contributed by atoms with Gasteiger partial charge in [0.25, 0.3) is 0 Å². The minimum Gasteiger partial charge on any atom is -0.478 e. The van der Waals surface area contributed by atoms with Crippen LogP contribution >= 0.6 is 9.90 Å². The fourth-order valence-corrected chi connectivity index (χ4v) is 1.83. The summed E-state index contributed by atoms with van der Waals surface area (Å²) in [6, 6.07) is 0. The molecule has 1 saturated carbocycles. The number of carboxylic acids is 1. The third kappa shape index (κ3) is 13.7. The maximum atomic E-state index is 9.25. The minimum absolute atomic E-state index is 0. The van der Waals surface area contributed by atoms with Crippen molar-refractivity contribution in [2.24, 2.45) is 0 Å². The molecule has 18 heavy (non-hydrogen) atoms. The van der Waals surface area contributed by atoms with Crippen LogP contribution in [-0.2, 0) is 9.53 Å². The highest BCUT2D eigenvalue weighted by molar-refractivity contribution is 6.92. The molecule has 1 atom stereocenters. The molecule has 4 heteroatoms. The molecule has 0 aromatic heterocycles. The van der Waals surface area contributed by atoms with E-state index >= 15 is 0 Å². The van der Waals surface area contributed by atoms with Gasteiger partial charge >= 0.3 is 5.97 Å². The molecule has 108 valence electrons. The van der Waals surface area contributed by atoms with Crippen LogP contribution in [0.25, 0.3) is 0 Å². The van der Waals surface area contributed by atoms with Crippen LogP contribution in [0.2, 0.25) is 0 Å². The lowest BCUT2D eigenvalue weighted by atomic mass is 9.98. The Kier molecular flexibility index (Phi) is 16.2. The summed E-state index contributed by atoms with van der Waals surface area (Å²) in [7, 11) is 0. The first-order valence-electron chi connectivity index (χ1n) is 6.67. The monoisotopic (exact) mass is 276 g/mol. The van der Waals surface area contributed by atoms with E-state index in [1.54, 1.807) is 0 Å². The molecular formula is C14H29O3P. The molecule has 1 aliphatic rings. The zero-order valence-electron chi connectivity index (χ0n) is 11.7. The van der Waals surface area contributed by atoms with Gasteiger partial charge in [0.05, 0.1) is 6.10 Å². The molecule has 0 bridgehead atoms. The number of hydrogen-bond acceptors (Lipinski definition) is 2. The van der Waals surface area contributed by atoms with Crippen molar-refractivity contribution >= 4 is 15.9 Å². The van der Waals surface area contributed by atoms with E-state index in [0.717, 1.165) is 12.7 Å². The summed E-state index contributed by atoms with van der Waals surface area (Å²) in [5.74, 6) is -0.981. The zero-order valence-corrected chi connectivity index (χ0v) is 13.1. The Morgan fingerprint density at radius 3 is 2.33 bits per heavy atom. The smallest absolute Gasteiger partial charge is 0.327 e. The van der Waals surface area contributed by atoms with Gasteiger partial charge in [-0.15, -0.1) is 0 Å². The van der Waals surface area contributed by atoms with Crippen molar-refractivity contribution in [2.45, 2.75) is 64.4 Å². The van der Waals surface area contributed by atoms with E-state index in [9.17, 15) is 4.79 Å². The molecule has 1 N–H and O–H groups in total. The van der Waals surface area contributed by atoms with E-state index in [4.69, 9.17) is 9.84 Å². The summed E-state index contributed by atoms with van der Waals surface area (Å²) in [6.45, 7) is 6.20. The van der Waals surface area contributed by atoms with Gasteiger partial charge < -0.3 is 9.84 Å². The fourth-order valence-electron chi connectivity index (χ4n) is 1.83. The average Bonchev–Trinajstić information content (AvgIpc) is 2.37. The molecular weight excluding hydrogens is 247 g/mol. The van der Waals surface area contributed by atoms with Gasteiger partial charge in [-0.05, 0) is 19.3 Å². The van der Waals surface area contributed by atoms with E-state index in [1.807, 2.05) is 0 Å². The van der Waals surface area contributed by atoms with Crippen molar-refractivity contribution in [3.05, 3.63) is 12.7 Å². The summed E-state index contributed by atoms with van der Waals surface area (Å²) in [4.78, 5) is 9.25. The second kappa shape index (κ2) is 14.7. The molecule has 1 aliphatic carbocycles. The van der Waals surface area contributed by atoms with Crippen molar-refractivity contribution < 1.29 is 14.6 Å². The minimum atomic E-state index is -0.981. The quantitative estimate of drug-likeness (QED) is 0.455. The van der Waals surface area contributed by atoms with Crippen LogP contribution < -0.4 is 0 Å². The third-order valence-electron chi connectivity index (χ3n) is 2.83. The van der Waals surface area contributed by atoms with Crippen LogP contribution in [0.1, 0.15) is 58.3 Å². The van der Waals surface area contributed by atoms with E-state index in [-0.39, 0.29) is 9.90 Å². The molecule has 1 rings (SSSR count). The van der Waals surface area contributed by atoms with Gasteiger partial charge in [-0.2, -0.15) is 9.90 Å². The van der Waals surface area contributed by atoms with E-state index in [0.29, 0.717) is 6.10 Å². The second-order valence-electron chi connectivity index (χ2n) is 4.38. The van der Waals surface area contributed by atoms with Crippen molar-refractivity contribution in [1.82, 2.24) is 0 Å². The number of ether oxygens (including phenoxy) is 1. The molecule has 0 aromatic rings. The number of unbranched alkanes of at least 4 members (excludes halogenated alkanes) is 2. The summed E-state index contributed by atoms with van der Waals surface area (Å²) in [5, 5.41) is 7.60. The third-order valence-corrected chi connectivity index (χ3v) is 2.83. The van der Waals surface area contributed by atoms with Crippen LogP contribution in [0, 0.1) is 0 Å². The van der Waals surface area contributed by atoms with Gasteiger partial charge in [0.15, 0.2) is 0 Å². The maximum Gasteiger partial charge on any atom is 0.327 e. The van der Waals surface area contributed by atoms with E-state index in [1.165, 1.54) is 51.4 Å². The predicted molar refractivity (Wildman–Crippen MR) is 81.3 cm³/mol. The molecule has 0 amide bonds. The molecule has 0 heterocycles. The van der Waals surface area contributed by atoms with Gasteiger partial charge in [0, 0.05) is 12.7 Å².